The summed E-state index contributed by atoms with van der Waals surface area (Å²) in [6.45, 7) is 8.88. The highest BCUT2D eigenvalue weighted by Crippen LogP contribution is 2.12. The van der Waals surface area contributed by atoms with E-state index in [0.717, 1.165) is 0 Å². The number of hydrogen-bond acceptors (Lipinski definition) is 2. The summed E-state index contributed by atoms with van der Waals surface area (Å²) in [4.78, 5) is 0. The Hall–Kier alpha value is 0.650. The molecular weight excluding hydrogens is 253 g/mol. The van der Waals surface area contributed by atoms with Crippen molar-refractivity contribution < 1.29 is 5.11 Å². The normalized spacial score (nSPS) is 15.5. The van der Waals surface area contributed by atoms with Crippen molar-refractivity contribution in [1.29, 1.82) is 0 Å². The quantitative estimate of drug-likeness (QED) is 0.464. The average molecular weight is 271 g/mol. The third kappa shape index (κ3) is 7.03. The summed E-state index contributed by atoms with van der Waals surface area (Å²) in [5.74, 6) is 0.334. The first-order chi connectivity index (χ1) is 4.83. The zero-order valence-corrected chi connectivity index (χ0v) is 9.84. The maximum absolute atomic E-state index is 9.42. The summed E-state index contributed by atoms with van der Waals surface area (Å²) in [7, 11) is 0. The second kappa shape index (κ2) is 4.62. The molecule has 0 aromatic rings. The van der Waals surface area contributed by atoms with Crippen LogP contribution in [0, 0.1) is 5.92 Å². The van der Waals surface area contributed by atoms with Gasteiger partial charge in [-0.25, -0.2) is 0 Å². The van der Waals surface area contributed by atoms with Crippen molar-refractivity contribution in [3.8, 4) is 0 Å². The third-order valence-electron chi connectivity index (χ3n) is 1.50. The summed E-state index contributed by atoms with van der Waals surface area (Å²) in [5.41, 5.74) is 0. The van der Waals surface area contributed by atoms with Gasteiger partial charge in [0.15, 0.2) is 0 Å². The second-order valence-electron chi connectivity index (χ2n) is 3.66. The van der Waals surface area contributed by atoms with E-state index in [0.29, 0.717) is 12.5 Å². The van der Waals surface area contributed by atoms with Crippen LogP contribution in [-0.2, 0) is 0 Å². The number of nitrogens with one attached hydrogen (secondary N) is 1. The van der Waals surface area contributed by atoms with Crippen LogP contribution in [-0.4, -0.2) is 21.3 Å². The number of rotatable bonds is 4. The lowest BCUT2D eigenvalue weighted by molar-refractivity contribution is 0.120. The molecule has 0 bridgehead atoms. The molecule has 0 heterocycles. The zero-order chi connectivity index (χ0) is 9.07. The molecule has 3 heteroatoms. The lowest BCUT2D eigenvalue weighted by Crippen LogP contribution is -2.40. The number of hydrogen-bond donors (Lipinski definition) is 2. The van der Waals surface area contributed by atoms with Crippen LogP contribution in [0.1, 0.15) is 27.7 Å². The monoisotopic (exact) mass is 271 g/mol. The fourth-order valence-electron chi connectivity index (χ4n) is 0.583. The van der Waals surface area contributed by atoms with Gasteiger partial charge in [0.25, 0.3) is 0 Å². The Morgan fingerprint density at radius 1 is 1.45 bits per heavy atom. The first-order valence-electron chi connectivity index (χ1n) is 3.95. The Labute approximate surface area is 82.9 Å². The van der Waals surface area contributed by atoms with E-state index in [4.69, 9.17) is 0 Å². The Balaban J connectivity index is 3.54. The number of alkyl halides is 1. The van der Waals surface area contributed by atoms with E-state index in [1.165, 1.54) is 0 Å². The average Bonchev–Trinajstić information content (AvgIpc) is 1.80. The minimum absolute atomic E-state index is 0.0770. The molecule has 2 nitrogen and oxygen atoms in total. The maximum Gasteiger partial charge on any atom is 0.0687 e. The molecule has 0 amide bonds. The van der Waals surface area contributed by atoms with Crippen LogP contribution in [0.5, 0.6) is 0 Å². The predicted molar refractivity (Wildman–Crippen MR) is 56.9 cm³/mol. The van der Waals surface area contributed by atoms with Gasteiger partial charge in [-0.2, -0.15) is 0 Å². The van der Waals surface area contributed by atoms with Gasteiger partial charge < -0.3 is 10.4 Å². The van der Waals surface area contributed by atoms with Gasteiger partial charge in [-0.15, -0.1) is 0 Å². The van der Waals surface area contributed by atoms with E-state index in [1.54, 1.807) is 0 Å². The van der Waals surface area contributed by atoms with Gasteiger partial charge in [-0.1, -0.05) is 36.4 Å². The molecule has 0 aliphatic rings. The van der Waals surface area contributed by atoms with Crippen molar-refractivity contribution in [3.05, 3.63) is 0 Å². The highest BCUT2D eigenvalue weighted by Gasteiger charge is 2.15. The Morgan fingerprint density at radius 2 is 1.91 bits per heavy atom. The summed E-state index contributed by atoms with van der Waals surface area (Å²) in [6, 6.07) is 0. The van der Waals surface area contributed by atoms with Crippen molar-refractivity contribution in [2.75, 3.05) is 6.54 Å². The predicted octanol–water partition coefficient (Wildman–Crippen LogP) is 1.76. The van der Waals surface area contributed by atoms with E-state index >= 15 is 0 Å². The molecule has 0 saturated carbocycles. The molecule has 0 aliphatic heterocycles. The maximum atomic E-state index is 9.42. The van der Waals surface area contributed by atoms with Gasteiger partial charge in [0.1, 0.15) is 0 Å². The summed E-state index contributed by atoms with van der Waals surface area (Å²) >= 11 is 2.31. The third-order valence-corrected chi connectivity index (χ3v) is 1.88. The minimum atomic E-state index is -0.232. The van der Waals surface area contributed by atoms with Crippen LogP contribution >= 0.6 is 22.6 Å². The Morgan fingerprint density at radius 3 is 2.18 bits per heavy atom. The SMILES string of the molecule is CC(C)C(O)CNC(C)(C)I. The van der Waals surface area contributed by atoms with Crippen LogP contribution in [0.3, 0.4) is 0 Å². The smallest absolute Gasteiger partial charge is 0.0687 e. The number of halogens is 1. The molecule has 0 saturated heterocycles. The van der Waals surface area contributed by atoms with Crippen molar-refractivity contribution >= 4 is 22.6 Å². The molecule has 0 rings (SSSR count). The number of aliphatic hydroxyl groups excluding tert-OH is 1. The summed E-state index contributed by atoms with van der Waals surface area (Å²) < 4.78 is 0.0770. The molecule has 1 unspecified atom stereocenters. The van der Waals surface area contributed by atoms with Gasteiger partial charge in [-0.3, -0.25) is 0 Å². The molecule has 68 valence electrons. The standard InChI is InChI=1S/C8H18INO/c1-6(2)7(11)5-10-8(3,4)9/h6-7,10-11H,5H2,1-4H3. The van der Waals surface area contributed by atoms with E-state index in [9.17, 15) is 5.11 Å². The Kier molecular flexibility index (Phi) is 4.89. The van der Waals surface area contributed by atoms with Gasteiger partial charge >= 0.3 is 0 Å². The second-order valence-corrected chi connectivity index (χ2v) is 6.36. The van der Waals surface area contributed by atoms with Gasteiger partial charge in [0.05, 0.1) is 9.65 Å². The molecule has 1 atom stereocenters. The van der Waals surface area contributed by atoms with Crippen LogP contribution in [0.15, 0.2) is 0 Å². The van der Waals surface area contributed by atoms with Crippen molar-refractivity contribution in [2.24, 2.45) is 5.92 Å². The van der Waals surface area contributed by atoms with Crippen molar-refractivity contribution in [2.45, 2.75) is 37.3 Å². The minimum Gasteiger partial charge on any atom is -0.392 e. The van der Waals surface area contributed by atoms with E-state index in [-0.39, 0.29) is 9.65 Å². The summed E-state index contributed by atoms with van der Waals surface area (Å²) in [5, 5.41) is 12.7. The first-order valence-corrected chi connectivity index (χ1v) is 5.03. The van der Waals surface area contributed by atoms with E-state index in [1.807, 2.05) is 13.8 Å². The molecule has 0 aliphatic carbocycles. The van der Waals surface area contributed by atoms with E-state index < -0.39 is 0 Å². The topological polar surface area (TPSA) is 32.3 Å². The van der Waals surface area contributed by atoms with Crippen LogP contribution in [0.4, 0.5) is 0 Å². The van der Waals surface area contributed by atoms with Crippen LogP contribution < -0.4 is 5.32 Å². The summed E-state index contributed by atoms with van der Waals surface area (Å²) in [6.07, 6.45) is -0.232. The molecular formula is C8H18INO. The Bertz CT molecular complexity index is 109. The highest BCUT2D eigenvalue weighted by molar-refractivity contribution is 14.1. The number of aliphatic hydroxyl groups is 1. The fraction of sp³-hybridized carbons (Fsp3) is 1.00. The molecule has 0 radical (unpaired) electrons. The lowest BCUT2D eigenvalue weighted by atomic mass is 10.1. The van der Waals surface area contributed by atoms with Gasteiger partial charge in [0.2, 0.25) is 0 Å². The van der Waals surface area contributed by atoms with Crippen LogP contribution in [0.2, 0.25) is 0 Å². The largest absolute Gasteiger partial charge is 0.392 e. The highest BCUT2D eigenvalue weighted by atomic mass is 127. The van der Waals surface area contributed by atoms with Crippen molar-refractivity contribution in [3.63, 3.8) is 0 Å². The zero-order valence-electron chi connectivity index (χ0n) is 7.69. The molecule has 0 fully saturated rings. The molecule has 11 heavy (non-hydrogen) atoms. The van der Waals surface area contributed by atoms with Crippen LogP contribution in [0.25, 0.3) is 0 Å². The van der Waals surface area contributed by atoms with E-state index in [2.05, 4.69) is 41.8 Å². The van der Waals surface area contributed by atoms with Gasteiger partial charge in [-0.05, 0) is 19.8 Å². The molecule has 0 aromatic heterocycles. The molecule has 2 N–H and O–H groups in total. The molecule has 0 spiro atoms. The lowest BCUT2D eigenvalue weighted by Gasteiger charge is -2.22. The van der Waals surface area contributed by atoms with Gasteiger partial charge in [0, 0.05) is 6.54 Å². The fourth-order valence-corrected chi connectivity index (χ4v) is 0.803. The first kappa shape index (κ1) is 11.6. The van der Waals surface area contributed by atoms with Crippen molar-refractivity contribution in [1.82, 2.24) is 5.32 Å². The molecule has 0 aromatic carbocycles.